The number of ether oxygens (including phenoxy) is 3. The standard InChI is InChI=1S/C18H21ClN4O4/c1-25-15-7-3-6-14(16(15)26-2)22-18(24)23-8-4-5-13(11-23)27-17-20-9-12(19)10-21-17/h3,6-7,9-10,13H,4-5,8,11H2,1-2H3,(H,22,24). The van der Waals surface area contributed by atoms with Crippen LogP contribution < -0.4 is 19.5 Å². The van der Waals surface area contributed by atoms with Crippen molar-refractivity contribution < 1.29 is 19.0 Å². The molecular formula is C18H21ClN4O4. The second-order valence-electron chi connectivity index (χ2n) is 5.98. The molecule has 27 heavy (non-hydrogen) atoms. The van der Waals surface area contributed by atoms with E-state index in [9.17, 15) is 4.79 Å². The van der Waals surface area contributed by atoms with E-state index in [4.69, 9.17) is 25.8 Å². The van der Waals surface area contributed by atoms with Crippen LogP contribution in [-0.4, -0.2) is 54.3 Å². The van der Waals surface area contributed by atoms with Crippen molar-refractivity contribution in [2.24, 2.45) is 0 Å². The van der Waals surface area contributed by atoms with Gasteiger partial charge in [0.1, 0.15) is 6.10 Å². The lowest BCUT2D eigenvalue weighted by Crippen LogP contribution is -2.46. The maximum Gasteiger partial charge on any atom is 0.322 e. The Balaban J connectivity index is 1.64. The number of rotatable bonds is 5. The zero-order valence-electron chi connectivity index (χ0n) is 15.1. The first kappa shape index (κ1) is 19.0. The summed E-state index contributed by atoms with van der Waals surface area (Å²) in [5, 5.41) is 3.32. The molecule has 0 aliphatic carbocycles. The summed E-state index contributed by atoms with van der Waals surface area (Å²) in [7, 11) is 3.08. The molecule has 1 saturated heterocycles. The molecule has 0 saturated carbocycles. The van der Waals surface area contributed by atoms with Crippen LogP contribution in [0.3, 0.4) is 0 Å². The number of amides is 2. The van der Waals surface area contributed by atoms with E-state index in [0.717, 1.165) is 12.8 Å². The molecule has 2 aromatic rings. The highest BCUT2D eigenvalue weighted by Crippen LogP contribution is 2.35. The summed E-state index contributed by atoms with van der Waals surface area (Å²) in [6, 6.07) is 5.34. The number of nitrogens with zero attached hydrogens (tertiary/aromatic N) is 3. The van der Waals surface area contributed by atoms with Crippen LogP contribution in [0.2, 0.25) is 5.02 Å². The van der Waals surface area contributed by atoms with E-state index in [1.165, 1.54) is 19.5 Å². The van der Waals surface area contributed by atoms with Crippen LogP contribution in [0.15, 0.2) is 30.6 Å². The Bertz CT molecular complexity index is 787. The molecule has 0 spiro atoms. The van der Waals surface area contributed by atoms with Crippen LogP contribution in [0.1, 0.15) is 12.8 Å². The van der Waals surface area contributed by atoms with Gasteiger partial charge in [0.15, 0.2) is 11.5 Å². The van der Waals surface area contributed by atoms with Crippen molar-refractivity contribution in [1.29, 1.82) is 0 Å². The van der Waals surface area contributed by atoms with Gasteiger partial charge in [-0.1, -0.05) is 17.7 Å². The summed E-state index contributed by atoms with van der Waals surface area (Å²) in [4.78, 5) is 22.5. The Morgan fingerprint density at radius 1 is 1.26 bits per heavy atom. The smallest absolute Gasteiger partial charge is 0.322 e. The topological polar surface area (TPSA) is 85.8 Å². The van der Waals surface area contributed by atoms with Crippen LogP contribution >= 0.6 is 11.6 Å². The van der Waals surface area contributed by atoms with Crippen LogP contribution in [0.5, 0.6) is 17.5 Å². The molecule has 2 heterocycles. The van der Waals surface area contributed by atoms with E-state index >= 15 is 0 Å². The molecule has 1 aromatic carbocycles. The molecule has 3 rings (SSSR count). The molecule has 8 nitrogen and oxygen atoms in total. The lowest BCUT2D eigenvalue weighted by molar-refractivity contribution is 0.0983. The maximum absolute atomic E-state index is 12.7. The van der Waals surface area contributed by atoms with Crippen molar-refractivity contribution in [2.75, 3.05) is 32.6 Å². The Morgan fingerprint density at radius 2 is 2.04 bits per heavy atom. The summed E-state index contributed by atoms with van der Waals surface area (Å²) >= 11 is 5.78. The molecule has 9 heteroatoms. The summed E-state index contributed by atoms with van der Waals surface area (Å²) in [5.41, 5.74) is 0.547. The van der Waals surface area contributed by atoms with E-state index in [0.29, 0.717) is 35.3 Å². The van der Waals surface area contributed by atoms with Crippen molar-refractivity contribution in [2.45, 2.75) is 18.9 Å². The third kappa shape index (κ3) is 4.71. The SMILES string of the molecule is COc1cccc(NC(=O)N2CCCC(Oc3ncc(Cl)cn3)C2)c1OC. The number of piperidine rings is 1. The summed E-state index contributed by atoms with van der Waals surface area (Å²) in [6.45, 7) is 1.07. The van der Waals surface area contributed by atoms with Gasteiger partial charge in [0.25, 0.3) is 0 Å². The van der Waals surface area contributed by atoms with Gasteiger partial charge in [0, 0.05) is 6.54 Å². The van der Waals surface area contributed by atoms with E-state index < -0.39 is 0 Å². The number of hydrogen-bond acceptors (Lipinski definition) is 6. The van der Waals surface area contributed by atoms with Gasteiger partial charge in [-0.25, -0.2) is 14.8 Å². The van der Waals surface area contributed by atoms with Crippen LogP contribution in [-0.2, 0) is 0 Å². The highest BCUT2D eigenvalue weighted by atomic mass is 35.5. The Hall–Kier alpha value is -2.74. The van der Waals surface area contributed by atoms with Crippen LogP contribution in [0.4, 0.5) is 10.5 Å². The van der Waals surface area contributed by atoms with Crippen LogP contribution in [0, 0.1) is 0 Å². The lowest BCUT2D eigenvalue weighted by Gasteiger charge is -2.32. The first-order valence-corrected chi connectivity index (χ1v) is 8.89. The molecule has 1 aliphatic rings. The van der Waals surface area contributed by atoms with Crippen molar-refractivity contribution in [3.8, 4) is 17.5 Å². The number of likely N-dealkylation sites (tertiary alicyclic amines) is 1. The van der Waals surface area contributed by atoms with Gasteiger partial charge in [-0.2, -0.15) is 0 Å². The average Bonchev–Trinajstić information content (AvgIpc) is 2.69. The van der Waals surface area contributed by atoms with Gasteiger partial charge in [-0.15, -0.1) is 0 Å². The molecular weight excluding hydrogens is 372 g/mol. The lowest BCUT2D eigenvalue weighted by atomic mass is 10.1. The Labute approximate surface area is 162 Å². The number of benzene rings is 1. The Kier molecular flexibility index (Phi) is 6.18. The number of carbonyl (C=O) groups is 1. The Morgan fingerprint density at radius 3 is 2.74 bits per heavy atom. The number of urea groups is 1. The number of aromatic nitrogens is 2. The first-order chi connectivity index (χ1) is 13.1. The van der Waals surface area contributed by atoms with Gasteiger partial charge < -0.3 is 24.4 Å². The number of para-hydroxylation sites is 1. The minimum Gasteiger partial charge on any atom is -0.493 e. The van der Waals surface area contributed by atoms with Crippen molar-refractivity contribution >= 4 is 23.3 Å². The molecule has 1 atom stereocenters. The minimum absolute atomic E-state index is 0.183. The van der Waals surface area contributed by atoms with Gasteiger partial charge in [-0.05, 0) is 25.0 Å². The molecule has 1 unspecified atom stereocenters. The zero-order valence-corrected chi connectivity index (χ0v) is 15.9. The summed E-state index contributed by atoms with van der Waals surface area (Å²) < 4.78 is 16.4. The van der Waals surface area contributed by atoms with E-state index in [-0.39, 0.29) is 18.1 Å². The highest BCUT2D eigenvalue weighted by molar-refractivity contribution is 6.30. The highest BCUT2D eigenvalue weighted by Gasteiger charge is 2.26. The maximum atomic E-state index is 12.7. The molecule has 144 valence electrons. The van der Waals surface area contributed by atoms with E-state index in [1.54, 1.807) is 30.2 Å². The number of nitrogens with one attached hydrogen (secondary N) is 1. The predicted molar refractivity (Wildman–Crippen MR) is 101 cm³/mol. The molecule has 2 amide bonds. The van der Waals surface area contributed by atoms with Crippen molar-refractivity contribution in [3.63, 3.8) is 0 Å². The fourth-order valence-electron chi connectivity index (χ4n) is 2.91. The molecule has 0 radical (unpaired) electrons. The fourth-order valence-corrected chi connectivity index (χ4v) is 3.01. The number of hydrogen-bond donors (Lipinski definition) is 1. The van der Waals surface area contributed by atoms with E-state index in [1.807, 2.05) is 0 Å². The van der Waals surface area contributed by atoms with Crippen molar-refractivity contribution in [1.82, 2.24) is 14.9 Å². The fraction of sp³-hybridized carbons (Fsp3) is 0.389. The molecule has 0 bridgehead atoms. The van der Waals surface area contributed by atoms with Crippen molar-refractivity contribution in [3.05, 3.63) is 35.6 Å². The van der Waals surface area contributed by atoms with Crippen LogP contribution in [0.25, 0.3) is 0 Å². The number of anilines is 1. The van der Waals surface area contributed by atoms with Gasteiger partial charge in [0.2, 0.25) is 0 Å². The molecule has 1 aromatic heterocycles. The van der Waals surface area contributed by atoms with Gasteiger partial charge in [-0.3, -0.25) is 0 Å². The first-order valence-electron chi connectivity index (χ1n) is 8.52. The summed E-state index contributed by atoms with van der Waals surface area (Å²) in [6.07, 6.45) is 4.41. The minimum atomic E-state index is -0.230. The second kappa shape index (κ2) is 8.77. The monoisotopic (exact) mass is 392 g/mol. The average molecular weight is 393 g/mol. The third-order valence-corrected chi connectivity index (χ3v) is 4.37. The summed E-state index contributed by atoms with van der Waals surface area (Å²) in [5.74, 6) is 1.03. The normalized spacial score (nSPS) is 16.6. The zero-order chi connectivity index (χ0) is 19.2. The number of carbonyl (C=O) groups excluding carboxylic acids is 1. The predicted octanol–water partition coefficient (Wildman–Crippen LogP) is 3.22. The second-order valence-corrected chi connectivity index (χ2v) is 6.42. The quantitative estimate of drug-likeness (QED) is 0.840. The largest absolute Gasteiger partial charge is 0.493 e. The van der Waals surface area contributed by atoms with Gasteiger partial charge >= 0.3 is 12.0 Å². The molecule has 1 N–H and O–H groups in total. The van der Waals surface area contributed by atoms with Gasteiger partial charge in [0.05, 0.1) is 43.9 Å². The third-order valence-electron chi connectivity index (χ3n) is 4.18. The number of methoxy groups -OCH3 is 2. The van der Waals surface area contributed by atoms with E-state index in [2.05, 4.69) is 15.3 Å². The number of halogens is 1. The molecule has 1 aliphatic heterocycles. The molecule has 1 fully saturated rings.